The standard InChI is InChI=1S/C21H13FN8O/c22-16-15-14(8-26-17(16)11-5-12(23)7-24-6-11)29-30-19(15)21-27-18-13(10-2-4-31-9-10)1-3-25-20(18)28-21/h1-9H,23H2,(H,29,30)(H,25,27,28). The monoisotopic (exact) mass is 412 g/mol. The number of anilines is 1. The van der Waals surface area contributed by atoms with E-state index in [1.807, 2.05) is 12.1 Å². The largest absolute Gasteiger partial charge is 0.472 e. The molecule has 4 N–H and O–H groups in total. The zero-order valence-corrected chi connectivity index (χ0v) is 15.8. The van der Waals surface area contributed by atoms with Crippen LogP contribution in [0, 0.1) is 5.82 Å². The zero-order valence-electron chi connectivity index (χ0n) is 15.8. The molecule has 0 fully saturated rings. The van der Waals surface area contributed by atoms with Gasteiger partial charge in [0.2, 0.25) is 0 Å². The second-order valence-electron chi connectivity index (χ2n) is 6.94. The molecule has 10 heteroatoms. The van der Waals surface area contributed by atoms with Gasteiger partial charge in [-0.25, -0.2) is 14.4 Å². The highest BCUT2D eigenvalue weighted by Crippen LogP contribution is 2.34. The van der Waals surface area contributed by atoms with E-state index >= 15 is 4.39 Å². The molecular weight excluding hydrogens is 399 g/mol. The van der Waals surface area contributed by atoms with Crippen molar-refractivity contribution in [1.29, 1.82) is 0 Å². The number of nitrogen functional groups attached to an aromatic ring is 1. The van der Waals surface area contributed by atoms with Gasteiger partial charge in [0.15, 0.2) is 17.3 Å². The molecule has 6 heterocycles. The molecule has 0 saturated carbocycles. The van der Waals surface area contributed by atoms with Crippen LogP contribution in [-0.2, 0) is 0 Å². The molecule has 0 aliphatic rings. The summed E-state index contributed by atoms with van der Waals surface area (Å²) in [6.45, 7) is 0. The third-order valence-electron chi connectivity index (χ3n) is 5.03. The summed E-state index contributed by atoms with van der Waals surface area (Å²) in [6.07, 6.45) is 9.40. The summed E-state index contributed by atoms with van der Waals surface area (Å²) in [5.41, 5.74) is 10.5. The summed E-state index contributed by atoms with van der Waals surface area (Å²) in [7, 11) is 0. The van der Waals surface area contributed by atoms with Crippen LogP contribution in [-0.4, -0.2) is 35.1 Å². The average molecular weight is 412 g/mol. The number of aromatic nitrogens is 7. The first-order valence-corrected chi connectivity index (χ1v) is 9.30. The lowest BCUT2D eigenvalue weighted by atomic mass is 10.1. The van der Waals surface area contributed by atoms with Crippen LogP contribution in [0.15, 0.2) is 59.9 Å². The van der Waals surface area contributed by atoms with E-state index in [4.69, 9.17) is 10.2 Å². The predicted molar refractivity (Wildman–Crippen MR) is 112 cm³/mol. The van der Waals surface area contributed by atoms with Crippen LogP contribution in [0.1, 0.15) is 0 Å². The number of rotatable bonds is 3. The summed E-state index contributed by atoms with van der Waals surface area (Å²) in [6, 6.07) is 5.32. The lowest BCUT2D eigenvalue weighted by Crippen LogP contribution is -1.94. The summed E-state index contributed by atoms with van der Waals surface area (Å²) >= 11 is 0. The number of pyridine rings is 3. The number of aromatic amines is 2. The molecule has 0 radical (unpaired) electrons. The van der Waals surface area contributed by atoms with Gasteiger partial charge in [-0.05, 0) is 18.2 Å². The van der Waals surface area contributed by atoms with Gasteiger partial charge in [0.1, 0.15) is 11.4 Å². The van der Waals surface area contributed by atoms with Crippen LogP contribution in [0.5, 0.6) is 0 Å². The number of nitrogens with two attached hydrogens (primary N) is 1. The molecule has 0 saturated heterocycles. The van der Waals surface area contributed by atoms with Gasteiger partial charge in [0.25, 0.3) is 0 Å². The Bertz CT molecular complexity index is 1570. The van der Waals surface area contributed by atoms with E-state index in [0.717, 1.165) is 11.1 Å². The second kappa shape index (κ2) is 6.46. The Morgan fingerprint density at radius 2 is 1.97 bits per heavy atom. The maximum Gasteiger partial charge on any atom is 0.178 e. The summed E-state index contributed by atoms with van der Waals surface area (Å²) in [5, 5.41) is 7.36. The highest BCUT2D eigenvalue weighted by Gasteiger charge is 2.21. The summed E-state index contributed by atoms with van der Waals surface area (Å²) in [4.78, 5) is 20.3. The van der Waals surface area contributed by atoms with Gasteiger partial charge >= 0.3 is 0 Å². The minimum Gasteiger partial charge on any atom is -0.472 e. The number of nitrogens with zero attached hydrogens (tertiary/aromatic N) is 5. The van der Waals surface area contributed by atoms with Crippen LogP contribution < -0.4 is 5.73 Å². The van der Waals surface area contributed by atoms with Gasteiger partial charge < -0.3 is 15.1 Å². The number of furan rings is 1. The Labute approximate surface area is 173 Å². The van der Waals surface area contributed by atoms with Gasteiger partial charge in [-0.1, -0.05) is 0 Å². The minimum atomic E-state index is -0.544. The Balaban J connectivity index is 1.56. The van der Waals surface area contributed by atoms with Crippen molar-refractivity contribution in [1.82, 2.24) is 35.1 Å². The first kappa shape index (κ1) is 17.3. The van der Waals surface area contributed by atoms with Crippen LogP contribution in [0.3, 0.4) is 0 Å². The molecule has 0 atom stereocenters. The highest BCUT2D eigenvalue weighted by atomic mass is 19.1. The lowest BCUT2D eigenvalue weighted by molar-refractivity contribution is 0.568. The number of hydrogen-bond donors (Lipinski definition) is 3. The van der Waals surface area contributed by atoms with Gasteiger partial charge in [-0.2, -0.15) is 5.10 Å². The lowest BCUT2D eigenvalue weighted by Gasteiger charge is -2.04. The SMILES string of the molecule is Nc1cncc(-c2ncc3[nH]nc(-c4nc5nccc(-c6ccoc6)c5[nH]4)c3c2F)c1. The molecule has 9 nitrogen and oxygen atoms in total. The topological polar surface area (TPSA) is 135 Å². The van der Waals surface area contributed by atoms with Crippen molar-refractivity contribution in [3.05, 3.63) is 61.3 Å². The molecular formula is C21H13FN8O. The van der Waals surface area contributed by atoms with Crippen LogP contribution >= 0.6 is 0 Å². The maximum absolute atomic E-state index is 15.6. The van der Waals surface area contributed by atoms with Crippen LogP contribution in [0.25, 0.3) is 56.0 Å². The van der Waals surface area contributed by atoms with E-state index in [2.05, 4.69) is 35.1 Å². The van der Waals surface area contributed by atoms with Crippen LogP contribution in [0.4, 0.5) is 10.1 Å². The number of imidazole rings is 1. The summed E-state index contributed by atoms with van der Waals surface area (Å²) < 4.78 is 20.8. The fraction of sp³-hybridized carbons (Fsp3) is 0. The van der Waals surface area contributed by atoms with E-state index in [1.165, 1.54) is 18.6 Å². The van der Waals surface area contributed by atoms with Crippen molar-refractivity contribution < 1.29 is 8.81 Å². The van der Waals surface area contributed by atoms with Gasteiger partial charge in [-0.15, -0.1) is 0 Å². The second-order valence-corrected chi connectivity index (χ2v) is 6.94. The zero-order chi connectivity index (χ0) is 20.9. The van der Waals surface area contributed by atoms with Crippen LogP contribution in [0.2, 0.25) is 0 Å². The average Bonchev–Trinajstić information content (AvgIpc) is 3.52. The number of fused-ring (bicyclic) bond motifs is 2. The van der Waals surface area contributed by atoms with E-state index in [1.54, 1.807) is 24.8 Å². The Kier molecular flexibility index (Phi) is 3.60. The maximum atomic E-state index is 15.6. The first-order valence-electron chi connectivity index (χ1n) is 9.30. The van der Waals surface area contributed by atoms with Crippen molar-refractivity contribution in [2.75, 3.05) is 5.73 Å². The number of nitrogens with one attached hydrogen (secondary N) is 2. The molecule has 6 aromatic heterocycles. The Morgan fingerprint density at radius 1 is 1.03 bits per heavy atom. The number of halogens is 1. The molecule has 0 spiro atoms. The molecule has 0 aromatic carbocycles. The molecule has 6 rings (SSSR count). The molecule has 6 aromatic rings. The van der Waals surface area contributed by atoms with Crippen molar-refractivity contribution in [2.24, 2.45) is 0 Å². The molecule has 150 valence electrons. The predicted octanol–water partition coefficient (Wildman–Crippen LogP) is 3.94. The van der Waals surface area contributed by atoms with Gasteiger partial charge in [0.05, 0.1) is 40.8 Å². The molecule has 0 aliphatic carbocycles. The third-order valence-corrected chi connectivity index (χ3v) is 5.03. The first-order chi connectivity index (χ1) is 15.2. The van der Waals surface area contributed by atoms with Gasteiger partial charge in [0, 0.05) is 35.3 Å². The van der Waals surface area contributed by atoms with Crippen molar-refractivity contribution in [3.63, 3.8) is 0 Å². The molecule has 0 bridgehead atoms. The quantitative estimate of drug-likeness (QED) is 0.401. The molecule has 0 amide bonds. The van der Waals surface area contributed by atoms with Gasteiger partial charge in [-0.3, -0.25) is 15.1 Å². The van der Waals surface area contributed by atoms with Crippen molar-refractivity contribution >= 4 is 27.8 Å². The fourth-order valence-corrected chi connectivity index (χ4v) is 3.62. The van der Waals surface area contributed by atoms with E-state index in [0.29, 0.717) is 39.4 Å². The van der Waals surface area contributed by atoms with E-state index < -0.39 is 5.82 Å². The molecule has 0 aliphatic heterocycles. The van der Waals surface area contributed by atoms with E-state index in [9.17, 15) is 0 Å². The third kappa shape index (κ3) is 2.65. The van der Waals surface area contributed by atoms with E-state index in [-0.39, 0.29) is 11.1 Å². The Hall–Kier alpha value is -4.60. The fourth-order valence-electron chi connectivity index (χ4n) is 3.62. The highest BCUT2D eigenvalue weighted by molar-refractivity contribution is 5.97. The number of H-pyrrole nitrogens is 2. The van der Waals surface area contributed by atoms with Crippen molar-refractivity contribution in [2.45, 2.75) is 0 Å². The normalized spacial score (nSPS) is 11.5. The molecule has 31 heavy (non-hydrogen) atoms. The minimum absolute atomic E-state index is 0.128. The smallest absolute Gasteiger partial charge is 0.178 e. The molecule has 0 unspecified atom stereocenters. The number of hydrogen-bond acceptors (Lipinski definition) is 7. The van der Waals surface area contributed by atoms with Crippen molar-refractivity contribution in [3.8, 4) is 33.9 Å². The summed E-state index contributed by atoms with van der Waals surface area (Å²) in [5.74, 6) is -0.163. The Morgan fingerprint density at radius 3 is 2.81 bits per heavy atom.